The quantitative estimate of drug-likeness (QED) is 0.688. The average Bonchev–Trinajstić information content (AvgIpc) is 1.82. The Kier molecular flexibility index (Phi) is 5.24. The molecule has 0 amide bonds. The summed E-state index contributed by atoms with van der Waals surface area (Å²) >= 11 is -2.69. The Hall–Kier alpha value is 0.269. The molecule has 0 aliphatic heterocycles. The summed E-state index contributed by atoms with van der Waals surface area (Å²) in [6.45, 7) is 3.48. The van der Waals surface area contributed by atoms with Gasteiger partial charge in [-0.05, 0) is 0 Å². The number of carbonyl (C=O) groups excluding carboxylic acids is 1. The van der Waals surface area contributed by atoms with E-state index in [4.69, 9.17) is 0 Å². The van der Waals surface area contributed by atoms with Gasteiger partial charge in [0.2, 0.25) is 0 Å². The zero-order chi connectivity index (χ0) is 7.28. The Balaban J connectivity index is 3.39. The molecule has 52 valence electrons. The first-order chi connectivity index (χ1) is 4.18. The SMILES string of the molecule is CCC[CH2][Sn](=[O])[C](C)=O. The van der Waals surface area contributed by atoms with Crippen LogP contribution in [0.5, 0.6) is 0 Å². The first kappa shape index (κ1) is 9.27. The fourth-order valence-corrected chi connectivity index (χ4v) is 3.44. The van der Waals surface area contributed by atoms with Crippen molar-refractivity contribution in [2.24, 2.45) is 0 Å². The van der Waals surface area contributed by atoms with E-state index >= 15 is 0 Å². The van der Waals surface area contributed by atoms with Crippen molar-refractivity contribution in [3.63, 3.8) is 0 Å². The van der Waals surface area contributed by atoms with Crippen LogP contribution in [0.15, 0.2) is 0 Å². The van der Waals surface area contributed by atoms with E-state index in [1.54, 1.807) is 0 Å². The normalized spacial score (nSPS) is 9.11. The molecule has 0 aromatic rings. The summed E-state index contributed by atoms with van der Waals surface area (Å²) in [6.07, 6.45) is 2.00. The Labute approximate surface area is 62.8 Å². The molecule has 3 heteroatoms. The van der Waals surface area contributed by atoms with Crippen molar-refractivity contribution in [2.75, 3.05) is 0 Å². The van der Waals surface area contributed by atoms with Crippen LogP contribution < -0.4 is 0 Å². The van der Waals surface area contributed by atoms with Crippen molar-refractivity contribution in [3.05, 3.63) is 0 Å². The van der Waals surface area contributed by atoms with Gasteiger partial charge in [0, 0.05) is 0 Å². The molecule has 0 unspecified atom stereocenters. The van der Waals surface area contributed by atoms with Crippen LogP contribution in [0.2, 0.25) is 4.44 Å². The van der Waals surface area contributed by atoms with Crippen molar-refractivity contribution in [1.82, 2.24) is 0 Å². The summed E-state index contributed by atoms with van der Waals surface area (Å²) in [6, 6.07) is 0. The number of carbonyl (C=O) groups is 1. The molecule has 0 saturated carbocycles. The van der Waals surface area contributed by atoms with Crippen LogP contribution in [0.4, 0.5) is 0 Å². The van der Waals surface area contributed by atoms with Crippen LogP contribution in [-0.2, 0) is 7.87 Å². The summed E-state index contributed by atoms with van der Waals surface area (Å²) in [5.74, 6) is 0. The molecule has 2 nitrogen and oxygen atoms in total. The second kappa shape index (κ2) is 5.09. The minimum absolute atomic E-state index is 0.0362. The predicted octanol–water partition coefficient (Wildman–Crippen LogP) is 1.34. The van der Waals surface area contributed by atoms with Gasteiger partial charge in [-0.15, -0.1) is 0 Å². The zero-order valence-electron chi connectivity index (χ0n) is 5.94. The molecule has 0 saturated heterocycles. The van der Waals surface area contributed by atoms with Gasteiger partial charge in [0.25, 0.3) is 0 Å². The average molecular weight is 235 g/mol. The second-order valence-corrected chi connectivity index (χ2v) is 7.94. The molecule has 0 N–H and O–H groups in total. The van der Waals surface area contributed by atoms with Gasteiger partial charge < -0.3 is 0 Å². The molecule has 0 aliphatic carbocycles. The molecule has 0 aliphatic rings. The van der Waals surface area contributed by atoms with Crippen LogP contribution in [0.25, 0.3) is 0 Å². The minimum atomic E-state index is -2.69. The van der Waals surface area contributed by atoms with Crippen LogP contribution in [0, 0.1) is 0 Å². The van der Waals surface area contributed by atoms with E-state index in [9.17, 15) is 7.87 Å². The van der Waals surface area contributed by atoms with E-state index in [0.717, 1.165) is 12.8 Å². The van der Waals surface area contributed by atoms with Gasteiger partial charge in [-0.25, -0.2) is 0 Å². The summed E-state index contributed by atoms with van der Waals surface area (Å²) in [4.78, 5) is 10.4. The zero-order valence-corrected chi connectivity index (χ0v) is 8.79. The number of unbranched alkanes of at least 4 members (excludes halogenated alkanes) is 1. The van der Waals surface area contributed by atoms with Crippen molar-refractivity contribution in [3.8, 4) is 0 Å². The van der Waals surface area contributed by atoms with Gasteiger partial charge in [0.05, 0.1) is 0 Å². The molecule has 0 spiro atoms. The van der Waals surface area contributed by atoms with Crippen molar-refractivity contribution < 1.29 is 7.87 Å². The second-order valence-electron chi connectivity index (χ2n) is 2.08. The fourth-order valence-electron chi connectivity index (χ4n) is 0.513. The fraction of sp³-hybridized carbons (Fsp3) is 0.833. The third-order valence-corrected chi connectivity index (χ3v) is 5.70. The molecule has 0 aromatic carbocycles. The molecule has 0 bridgehead atoms. The summed E-state index contributed by atoms with van der Waals surface area (Å²) in [7, 11) is 0. The van der Waals surface area contributed by atoms with E-state index < -0.39 is 19.7 Å². The monoisotopic (exact) mass is 236 g/mol. The molecular formula is C6H12O2Sn. The maximum atomic E-state index is 10.8. The molecule has 0 radical (unpaired) electrons. The van der Waals surface area contributed by atoms with E-state index in [1.165, 1.54) is 6.92 Å². The van der Waals surface area contributed by atoms with Crippen LogP contribution in [0.3, 0.4) is 0 Å². The molecular weight excluding hydrogens is 223 g/mol. The number of hydrogen-bond acceptors (Lipinski definition) is 2. The third-order valence-electron chi connectivity index (χ3n) is 1.15. The van der Waals surface area contributed by atoms with Crippen molar-refractivity contribution in [1.29, 1.82) is 0 Å². The standard InChI is InChI=1S/C4H9.C2H3O.O.Sn/c1-3-4-2;1-2-3;;/h1,3-4H2,2H3;1H3;;. The van der Waals surface area contributed by atoms with Crippen molar-refractivity contribution in [2.45, 2.75) is 31.1 Å². The van der Waals surface area contributed by atoms with Gasteiger partial charge in [-0.2, -0.15) is 0 Å². The Morgan fingerprint density at radius 3 is 2.44 bits per heavy atom. The van der Waals surface area contributed by atoms with E-state index in [2.05, 4.69) is 0 Å². The van der Waals surface area contributed by atoms with Crippen LogP contribution >= 0.6 is 0 Å². The van der Waals surface area contributed by atoms with Gasteiger partial charge in [-0.1, -0.05) is 0 Å². The summed E-state index contributed by atoms with van der Waals surface area (Å²) < 4.78 is 11.5. The first-order valence-corrected chi connectivity index (χ1v) is 7.83. The first-order valence-electron chi connectivity index (χ1n) is 3.22. The predicted molar refractivity (Wildman–Crippen MR) is 36.8 cm³/mol. The molecule has 0 heterocycles. The Morgan fingerprint density at radius 1 is 1.56 bits per heavy atom. The molecule has 0 aromatic heterocycles. The van der Waals surface area contributed by atoms with Crippen LogP contribution in [0.1, 0.15) is 26.7 Å². The Bertz CT molecular complexity index is 120. The van der Waals surface area contributed by atoms with Gasteiger partial charge in [0.15, 0.2) is 0 Å². The summed E-state index contributed by atoms with van der Waals surface area (Å²) in [5, 5.41) is 0. The van der Waals surface area contributed by atoms with E-state index in [1.807, 2.05) is 6.92 Å². The van der Waals surface area contributed by atoms with Crippen molar-refractivity contribution >= 4 is 23.5 Å². The number of hydrogen-bond donors (Lipinski definition) is 0. The van der Waals surface area contributed by atoms with Crippen LogP contribution in [-0.4, -0.2) is 23.5 Å². The van der Waals surface area contributed by atoms with E-state index in [-0.39, 0.29) is 3.80 Å². The molecule has 0 fully saturated rings. The number of rotatable bonds is 4. The van der Waals surface area contributed by atoms with Gasteiger partial charge in [-0.3, -0.25) is 0 Å². The van der Waals surface area contributed by atoms with Gasteiger partial charge >= 0.3 is 62.5 Å². The molecule has 9 heavy (non-hydrogen) atoms. The molecule has 0 rings (SSSR count). The summed E-state index contributed by atoms with van der Waals surface area (Å²) in [5.41, 5.74) is 0. The van der Waals surface area contributed by atoms with Gasteiger partial charge in [0.1, 0.15) is 0 Å². The third kappa shape index (κ3) is 4.75. The molecule has 0 atom stereocenters. The van der Waals surface area contributed by atoms with E-state index in [0.29, 0.717) is 4.44 Å². The Morgan fingerprint density at radius 2 is 2.11 bits per heavy atom. The topological polar surface area (TPSA) is 34.1 Å². The maximum absolute atomic E-state index is 10.8.